The van der Waals surface area contributed by atoms with Gasteiger partial charge in [0.15, 0.2) is 5.56 Å². The van der Waals surface area contributed by atoms with E-state index in [1.54, 1.807) is 6.08 Å². The maximum atomic E-state index is 13.1. The molecular weight excluding hydrogens is 422 g/mol. The molecule has 0 radical (unpaired) electrons. The van der Waals surface area contributed by atoms with E-state index < -0.39 is 11.5 Å². The monoisotopic (exact) mass is 455 g/mol. The van der Waals surface area contributed by atoms with E-state index in [4.69, 9.17) is 0 Å². The molecule has 2 fully saturated rings. The minimum Gasteiger partial charge on any atom is -0.494 e. The third-order valence-corrected chi connectivity index (χ3v) is 6.36. The molecule has 3 heterocycles. The second-order valence-corrected chi connectivity index (χ2v) is 9.91. The summed E-state index contributed by atoms with van der Waals surface area (Å²) in [6.45, 7) is 9.31. The molecule has 9 nitrogen and oxygen atoms in total. The van der Waals surface area contributed by atoms with E-state index in [0.717, 1.165) is 36.7 Å². The van der Waals surface area contributed by atoms with Crippen molar-refractivity contribution < 1.29 is 14.7 Å². The Bertz CT molecular complexity index is 1160. The van der Waals surface area contributed by atoms with Crippen molar-refractivity contribution in [3.05, 3.63) is 33.8 Å². The summed E-state index contributed by atoms with van der Waals surface area (Å²) in [5.74, 6) is -0.523. The minimum atomic E-state index is -0.675. The first kappa shape index (κ1) is 23.1. The van der Waals surface area contributed by atoms with Crippen LogP contribution in [0.15, 0.2) is 17.1 Å². The molecule has 4 rings (SSSR count). The summed E-state index contributed by atoms with van der Waals surface area (Å²) < 4.78 is 2.68. The highest BCUT2D eigenvalue weighted by Gasteiger charge is 2.31. The molecule has 2 aromatic heterocycles. The molecule has 1 atom stereocenters. The van der Waals surface area contributed by atoms with Crippen LogP contribution in [-0.4, -0.2) is 54.6 Å². The normalized spacial score (nSPS) is 18.8. The smallest absolute Gasteiger partial charge is 0.291 e. The maximum absolute atomic E-state index is 13.1. The summed E-state index contributed by atoms with van der Waals surface area (Å²) in [6, 6.07) is 0.273. The molecule has 178 valence electrons. The molecule has 0 bridgehead atoms. The zero-order valence-electron chi connectivity index (χ0n) is 19.7. The number of aromatic hydroxyl groups is 1. The van der Waals surface area contributed by atoms with Crippen LogP contribution >= 0.6 is 0 Å². The third kappa shape index (κ3) is 4.54. The highest BCUT2D eigenvalue weighted by Crippen LogP contribution is 2.26. The molecule has 9 heteroatoms. The van der Waals surface area contributed by atoms with Crippen LogP contribution in [0.1, 0.15) is 69.3 Å². The summed E-state index contributed by atoms with van der Waals surface area (Å²) in [5.41, 5.74) is -0.0847. The standard InChI is InChI=1S/C24H33N5O4/c1-14(2)13-28-22-16(7-10-19(30)27-11-5-6-18(27)15(3)4)12-25-29(22)24(33)20(23(28)32)21(31)26-17-8-9-17/h7,10,12,14-15,17-18,32H,5-6,8-9,11,13H2,1-4H3,(H,26,31)/b10-7+/t18-/m0/s1. The Morgan fingerprint density at radius 3 is 2.61 bits per heavy atom. The zero-order valence-corrected chi connectivity index (χ0v) is 19.7. The maximum Gasteiger partial charge on any atom is 0.291 e. The van der Waals surface area contributed by atoms with E-state index in [2.05, 4.69) is 24.3 Å². The van der Waals surface area contributed by atoms with Crippen molar-refractivity contribution in [2.45, 2.75) is 72.0 Å². The number of likely N-dealkylation sites (tertiary alicyclic amines) is 1. The average molecular weight is 456 g/mol. The van der Waals surface area contributed by atoms with Gasteiger partial charge in [0.05, 0.1) is 6.20 Å². The van der Waals surface area contributed by atoms with Gasteiger partial charge in [-0.15, -0.1) is 0 Å². The van der Waals surface area contributed by atoms with Crippen LogP contribution in [0.5, 0.6) is 5.88 Å². The highest BCUT2D eigenvalue weighted by atomic mass is 16.3. The fraction of sp³-hybridized carbons (Fsp3) is 0.583. The van der Waals surface area contributed by atoms with Crippen molar-refractivity contribution >= 4 is 23.5 Å². The molecule has 1 saturated heterocycles. The molecule has 2 amide bonds. The number of rotatable bonds is 7. The molecular formula is C24H33N5O4. The second-order valence-electron chi connectivity index (χ2n) is 9.91. The van der Waals surface area contributed by atoms with E-state index in [0.29, 0.717) is 23.7 Å². The van der Waals surface area contributed by atoms with Crippen molar-refractivity contribution in [2.24, 2.45) is 11.8 Å². The molecule has 1 aliphatic carbocycles. The van der Waals surface area contributed by atoms with Crippen LogP contribution in [0.25, 0.3) is 11.7 Å². The average Bonchev–Trinajstić information content (AvgIpc) is 3.25. The molecule has 1 aliphatic heterocycles. The van der Waals surface area contributed by atoms with Crippen LogP contribution in [0.4, 0.5) is 0 Å². The fourth-order valence-electron chi connectivity index (χ4n) is 4.57. The van der Waals surface area contributed by atoms with Crippen molar-refractivity contribution in [1.29, 1.82) is 0 Å². The fourth-order valence-corrected chi connectivity index (χ4v) is 4.57. The number of nitrogens with zero attached hydrogens (tertiary/aromatic N) is 4. The van der Waals surface area contributed by atoms with Crippen LogP contribution < -0.4 is 10.9 Å². The van der Waals surface area contributed by atoms with Gasteiger partial charge in [0.25, 0.3) is 11.5 Å². The molecule has 1 saturated carbocycles. The van der Waals surface area contributed by atoms with Crippen molar-refractivity contribution in [3.8, 4) is 5.88 Å². The van der Waals surface area contributed by atoms with Gasteiger partial charge in [-0.25, -0.2) is 0 Å². The predicted octanol–water partition coefficient (Wildman–Crippen LogP) is 2.41. The highest BCUT2D eigenvalue weighted by molar-refractivity contribution is 5.97. The Morgan fingerprint density at radius 2 is 1.97 bits per heavy atom. The van der Waals surface area contributed by atoms with Gasteiger partial charge in [-0.3, -0.25) is 19.0 Å². The van der Waals surface area contributed by atoms with Gasteiger partial charge >= 0.3 is 0 Å². The summed E-state index contributed by atoms with van der Waals surface area (Å²) in [6.07, 6.45) is 8.37. The summed E-state index contributed by atoms with van der Waals surface area (Å²) in [7, 11) is 0. The number of fused-ring (bicyclic) bond motifs is 1. The number of carbonyl (C=O) groups excluding carboxylic acids is 2. The number of carbonyl (C=O) groups is 2. The number of hydrogen-bond acceptors (Lipinski definition) is 5. The number of amides is 2. The van der Waals surface area contributed by atoms with E-state index in [-0.39, 0.29) is 35.4 Å². The summed E-state index contributed by atoms with van der Waals surface area (Å²) in [5, 5.41) is 17.9. The van der Waals surface area contributed by atoms with Crippen molar-refractivity contribution in [1.82, 2.24) is 24.4 Å². The molecule has 2 aliphatic rings. The minimum absolute atomic E-state index is 0.0490. The van der Waals surface area contributed by atoms with E-state index >= 15 is 0 Å². The largest absolute Gasteiger partial charge is 0.494 e. The van der Waals surface area contributed by atoms with Gasteiger partial charge in [-0.2, -0.15) is 9.61 Å². The Morgan fingerprint density at radius 1 is 1.24 bits per heavy atom. The Hall–Kier alpha value is -3.10. The van der Waals surface area contributed by atoms with Crippen LogP contribution in [0.3, 0.4) is 0 Å². The molecule has 2 aromatic rings. The first-order chi connectivity index (χ1) is 15.7. The van der Waals surface area contributed by atoms with Crippen molar-refractivity contribution in [3.63, 3.8) is 0 Å². The van der Waals surface area contributed by atoms with Gasteiger partial charge in [0.1, 0.15) is 5.65 Å². The molecule has 2 N–H and O–H groups in total. The van der Waals surface area contributed by atoms with E-state index in [1.165, 1.54) is 16.8 Å². The van der Waals surface area contributed by atoms with Gasteiger partial charge in [0, 0.05) is 36.8 Å². The van der Waals surface area contributed by atoms with Crippen LogP contribution in [0.2, 0.25) is 0 Å². The number of aromatic nitrogens is 3. The molecule has 0 aromatic carbocycles. The lowest BCUT2D eigenvalue weighted by atomic mass is 10.0. The topological polar surface area (TPSA) is 109 Å². The van der Waals surface area contributed by atoms with E-state index in [1.807, 2.05) is 18.7 Å². The zero-order chi connectivity index (χ0) is 23.9. The van der Waals surface area contributed by atoms with Gasteiger partial charge in [-0.1, -0.05) is 27.7 Å². The van der Waals surface area contributed by atoms with Crippen LogP contribution in [0, 0.1) is 11.8 Å². The Balaban J connectivity index is 1.74. The molecule has 0 spiro atoms. The van der Waals surface area contributed by atoms with Crippen molar-refractivity contribution in [2.75, 3.05) is 6.54 Å². The van der Waals surface area contributed by atoms with E-state index in [9.17, 15) is 19.5 Å². The lowest BCUT2D eigenvalue weighted by Crippen LogP contribution is -2.37. The lowest BCUT2D eigenvalue weighted by Gasteiger charge is -2.26. The Kier molecular flexibility index (Phi) is 6.32. The SMILES string of the molecule is CC(C)Cn1c(O)c(C(=O)NC2CC2)c(=O)n2ncc(/C=C/C(=O)N3CCC[C@H]3C(C)C)c12. The summed E-state index contributed by atoms with van der Waals surface area (Å²) >= 11 is 0. The third-order valence-electron chi connectivity index (χ3n) is 6.36. The first-order valence-corrected chi connectivity index (χ1v) is 11.8. The molecule has 0 unspecified atom stereocenters. The van der Waals surface area contributed by atoms with Crippen LogP contribution in [-0.2, 0) is 11.3 Å². The Labute approximate surface area is 193 Å². The molecule has 33 heavy (non-hydrogen) atoms. The predicted molar refractivity (Wildman–Crippen MR) is 125 cm³/mol. The van der Waals surface area contributed by atoms with Gasteiger partial charge in [0.2, 0.25) is 11.8 Å². The second kappa shape index (κ2) is 9.03. The number of hydrogen-bond donors (Lipinski definition) is 2. The van der Waals surface area contributed by atoms with Gasteiger partial charge < -0.3 is 15.3 Å². The first-order valence-electron chi connectivity index (χ1n) is 11.8. The quantitative estimate of drug-likeness (QED) is 0.623. The number of nitrogens with one attached hydrogen (secondary N) is 1. The summed E-state index contributed by atoms with van der Waals surface area (Å²) in [4.78, 5) is 40.5. The van der Waals surface area contributed by atoms with Gasteiger partial charge in [-0.05, 0) is 43.6 Å². The lowest BCUT2D eigenvalue weighted by molar-refractivity contribution is -0.127.